The van der Waals surface area contributed by atoms with Gasteiger partial charge < -0.3 is 25.3 Å². The summed E-state index contributed by atoms with van der Waals surface area (Å²) in [5, 5.41) is 3.06. The van der Waals surface area contributed by atoms with Crippen molar-refractivity contribution in [2.45, 2.75) is 25.7 Å². The second-order valence-corrected chi connectivity index (χ2v) is 8.50. The van der Waals surface area contributed by atoms with E-state index in [0.29, 0.717) is 26.5 Å². The molecular weight excluding hydrogens is 476 g/mol. The van der Waals surface area contributed by atoms with Crippen LogP contribution < -0.4 is 20.5 Å². The highest BCUT2D eigenvalue weighted by Crippen LogP contribution is 2.38. The molecule has 1 aromatic carbocycles. The van der Waals surface area contributed by atoms with Gasteiger partial charge in [-0.25, -0.2) is 4.79 Å². The van der Waals surface area contributed by atoms with Crippen LogP contribution >= 0.6 is 27.3 Å². The van der Waals surface area contributed by atoms with Gasteiger partial charge in [0.05, 0.1) is 25.3 Å². The quantitative estimate of drug-likeness (QED) is 0.567. The smallest absolute Gasteiger partial charge is 0.338 e. The number of carbonyl (C=O) groups excluding carboxylic acids is 3. The minimum Gasteiger partial charge on any atom is -0.495 e. The van der Waals surface area contributed by atoms with Gasteiger partial charge in [0.1, 0.15) is 21.0 Å². The molecule has 8 nitrogen and oxygen atoms in total. The SMILES string of the molecule is COc1cc(C(=O)OCC(=O)Nc2sc3c(c2C(N)=O)CCCC3)cc(OC)c1Br. The van der Waals surface area contributed by atoms with Crippen LogP contribution in [0, 0.1) is 0 Å². The van der Waals surface area contributed by atoms with Crippen molar-refractivity contribution in [1.29, 1.82) is 0 Å². The van der Waals surface area contributed by atoms with Crippen LogP contribution in [0.1, 0.15) is 44.0 Å². The number of nitrogens with two attached hydrogens (primary N) is 1. The minimum atomic E-state index is -0.713. The third-order valence-electron chi connectivity index (χ3n) is 4.69. The molecule has 10 heteroatoms. The number of amides is 2. The Balaban J connectivity index is 1.69. The van der Waals surface area contributed by atoms with Crippen LogP contribution in [0.5, 0.6) is 11.5 Å². The van der Waals surface area contributed by atoms with Crippen LogP contribution in [-0.4, -0.2) is 38.6 Å². The maximum absolute atomic E-state index is 12.4. The number of thiophene rings is 1. The molecule has 2 aromatic rings. The van der Waals surface area contributed by atoms with Crippen molar-refractivity contribution in [3.63, 3.8) is 0 Å². The summed E-state index contributed by atoms with van der Waals surface area (Å²) >= 11 is 4.67. The highest BCUT2D eigenvalue weighted by Gasteiger charge is 2.25. The standard InChI is InChI=1S/C20H21BrN2O6S/c1-27-12-7-10(8-13(28-2)17(12)21)20(26)29-9-15(24)23-19-16(18(22)25)11-5-3-4-6-14(11)30-19/h7-8H,3-6,9H2,1-2H3,(H2,22,25)(H,23,24). The number of esters is 1. The summed E-state index contributed by atoms with van der Waals surface area (Å²) < 4.78 is 16.1. The summed E-state index contributed by atoms with van der Waals surface area (Å²) in [4.78, 5) is 37.7. The molecule has 0 atom stereocenters. The molecule has 1 aliphatic carbocycles. The van der Waals surface area contributed by atoms with Gasteiger partial charge in [0, 0.05) is 4.88 Å². The number of benzene rings is 1. The zero-order chi connectivity index (χ0) is 21.8. The van der Waals surface area contributed by atoms with E-state index in [4.69, 9.17) is 19.9 Å². The van der Waals surface area contributed by atoms with Crippen molar-refractivity contribution >= 4 is 50.1 Å². The van der Waals surface area contributed by atoms with Crippen LogP contribution in [0.15, 0.2) is 16.6 Å². The number of aryl methyl sites for hydroxylation is 1. The minimum absolute atomic E-state index is 0.170. The molecule has 3 rings (SSSR count). The Morgan fingerprint density at radius 3 is 2.37 bits per heavy atom. The van der Waals surface area contributed by atoms with E-state index in [1.807, 2.05) is 0 Å². The molecule has 0 saturated heterocycles. The van der Waals surface area contributed by atoms with Crippen LogP contribution in [0.4, 0.5) is 5.00 Å². The third-order valence-corrected chi connectivity index (χ3v) is 6.68. The predicted octanol–water partition coefficient (Wildman–Crippen LogP) is 3.30. The highest BCUT2D eigenvalue weighted by atomic mass is 79.9. The zero-order valence-electron chi connectivity index (χ0n) is 16.5. The molecule has 160 valence electrons. The van der Waals surface area contributed by atoms with Crippen LogP contribution in [0.3, 0.4) is 0 Å². The Hall–Kier alpha value is -2.59. The van der Waals surface area contributed by atoms with E-state index in [0.717, 1.165) is 36.1 Å². The molecule has 0 radical (unpaired) electrons. The van der Waals surface area contributed by atoms with E-state index in [2.05, 4.69) is 21.2 Å². The number of ether oxygens (including phenoxy) is 3. The normalized spacial score (nSPS) is 12.6. The van der Waals surface area contributed by atoms with E-state index < -0.39 is 24.4 Å². The Bertz CT molecular complexity index is 978. The number of methoxy groups -OCH3 is 2. The molecule has 0 bridgehead atoms. The summed E-state index contributed by atoms with van der Waals surface area (Å²) in [6.07, 6.45) is 3.65. The van der Waals surface area contributed by atoms with Gasteiger partial charge in [0.2, 0.25) is 0 Å². The number of hydrogen-bond acceptors (Lipinski definition) is 7. The first-order valence-electron chi connectivity index (χ1n) is 9.18. The number of halogens is 1. The fraction of sp³-hybridized carbons (Fsp3) is 0.350. The zero-order valence-corrected chi connectivity index (χ0v) is 18.9. The Labute approximate surface area is 185 Å². The maximum Gasteiger partial charge on any atom is 0.338 e. The average Bonchev–Trinajstić information content (AvgIpc) is 3.10. The summed E-state index contributed by atoms with van der Waals surface area (Å²) in [7, 11) is 2.91. The first kappa shape index (κ1) is 22.1. The average molecular weight is 497 g/mol. The fourth-order valence-corrected chi connectivity index (χ4v) is 5.14. The van der Waals surface area contributed by atoms with Gasteiger partial charge in [0.25, 0.3) is 11.8 Å². The molecule has 30 heavy (non-hydrogen) atoms. The number of nitrogens with one attached hydrogen (secondary N) is 1. The summed E-state index contributed by atoms with van der Waals surface area (Å²) in [6.45, 7) is -0.514. The first-order valence-corrected chi connectivity index (χ1v) is 10.8. The van der Waals surface area contributed by atoms with Crippen molar-refractivity contribution < 1.29 is 28.6 Å². The molecule has 0 spiro atoms. The molecule has 1 aliphatic rings. The Kier molecular flexibility index (Phi) is 6.99. The lowest BCUT2D eigenvalue weighted by Crippen LogP contribution is -2.23. The highest BCUT2D eigenvalue weighted by molar-refractivity contribution is 9.10. The van der Waals surface area contributed by atoms with Crippen LogP contribution in [0.25, 0.3) is 0 Å². The van der Waals surface area contributed by atoms with Gasteiger partial charge in [-0.15, -0.1) is 11.3 Å². The van der Waals surface area contributed by atoms with E-state index >= 15 is 0 Å². The number of anilines is 1. The van der Waals surface area contributed by atoms with Crippen molar-refractivity contribution in [2.75, 3.05) is 26.1 Å². The molecule has 2 amide bonds. The number of primary amides is 1. The van der Waals surface area contributed by atoms with E-state index in [9.17, 15) is 14.4 Å². The van der Waals surface area contributed by atoms with E-state index in [1.54, 1.807) is 0 Å². The lowest BCUT2D eigenvalue weighted by molar-refractivity contribution is -0.119. The van der Waals surface area contributed by atoms with Crippen molar-refractivity contribution in [2.24, 2.45) is 5.73 Å². The summed E-state index contributed by atoms with van der Waals surface area (Å²) in [5.74, 6) is -1.06. The molecule has 0 fully saturated rings. The lowest BCUT2D eigenvalue weighted by Gasteiger charge is -2.12. The lowest BCUT2D eigenvalue weighted by atomic mass is 9.95. The fourth-order valence-electron chi connectivity index (χ4n) is 3.28. The molecule has 0 saturated carbocycles. The molecular formula is C20H21BrN2O6S. The van der Waals surface area contributed by atoms with Crippen molar-refractivity contribution in [1.82, 2.24) is 0 Å². The Morgan fingerprint density at radius 2 is 1.77 bits per heavy atom. The second-order valence-electron chi connectivity index (χ2n) is 6.60. The second kappa shape index (κ2) is 9.48. The summed E-state index contributed by atoms with van der Waals surface area (Å²) in [6, 6.07) is 2.96. The van der Waals surface area contributed by atoms with Gasteiger partial charge in [-0.3, -0.25) is 9.59 Å². The first-order chi connectivity index (χ1) is 14.3. The number of fused-ring (bicyclic) bond motifs is 1. The van der Waals surface area contributed by atoms with Gasteiger partial charge in [-0.1, -0.05) is 0 Å². The molecule has 3 N–H and O–H groups in total. The van der Waals surface area contributed by atoms with Crippen LogP contribution in [0.2, 0.25) is 0 Å². The topological polar surface area (TPSA) is 117 Å². The number of rotatable bonds is 7. The Morgan fingerprint density at radius 1 is 1.13 bits per heavy atom. The maximum atomic E-state index is 12.4. The molecule has 1 heterocycles. The van der Waals surface area contributed by atoms with Gasteiger partial charge in [0.15, 0.2) is 6.61 Å². The van der Waals surface area contributed by atoms with Crippen molar-refractivity contribution in [3.8, 4) is 11.5 Å². The third kappa shape index (κ3) is 4.59. The molecule has 0 unspecified atom stereocenters. The van der Waals surface area contributed by atoms with Crippen LogP contribution in [-0.2, 0) is 22.4 Å². The summed E-state index contributed by atoms with van der Waals surface area (Å²) in [5.41, 5.74) is 6.97. The van der Waals surface area contributed by atoms with E-state index in [1.165, 1.54) is 37.7 Å². The van der Waals surface area contributed by atoms with E-state index in [-0.39, 0.29) is 5.56 Å². The van der Waals surface area contributed by atoms with Gasteiger partial charge in [-0.05, 0) is 59.3 Å². The van der Waals surface area contributed by atoms with Gasteiger partial charge >= 0.3 is 5.97 Å². The van der Waals surface area contributed by atoms with Crippen molar-refractivity contribution in [3.05, 3.63) is 38.2 Å². The largest absolute Gasteiger partial charge is 0.495 e. The molecule has 0 aliphatic heterocycles. The number of hydrogen-bond donors (Lipinski definition) is 2. The predicted molar refractivity (Wildman–Crippen MR) is 116 cm³/mol. The van der Waals surface area contributed by atoms with Gasteiger partial charge in [-0.2, -0.15) is 0 Å². The number of carbonyl (C=O) groups is 3. The molecule has 1 aromatic heterocycles. The monoisotopic (exact) mass is 496 g/mol.